The van der Waals surface area contributed by atoms with Crippen LogP contribution in [0.25, 0.3) is 0 Å². The van der Waals surface area contributed by atoms with Crippen molar-refractivity contribution < 1.29 is 17.9 Å². The van der Waals surface area contributed by atoms with Crippen LogP contribution in [-0.2, 0) is 16.8 Å². The van der Waals surface area contributed by atoms with E-state index in [4.69, 9.17) is 11.6 Å². The molecule has 0 radical (unpaired) electrons. The summed E-state index contributed by atoms with van der Waals surface area (Å²) in [6.45, 7) is -0.218. The van der Waals surface area contributed by atoms with Crippen molar-refractivity contribution in [1.82, 2.24) is 9.03 Å². The minimum absolute atomic E-state index is 0.0370. The lowest BCUT2D eigenvalue weighted by Gasteiger charge is -2.36. The molecular weight excluding hydrogens is 319 g/mol. The molecule has 2 rings (SSSR count). The Labute approximate surface area is 128 Å². The van der Waals surface area contributed by atoms with Crippen LogP contribution in [0.15, 0.2) is 18.2 Å². The Morgan fingerprint density at radius 1 is 1.48 bits per heavy atom. The van der Waals surface area contributed by atoms with E-state index in [1.54, 1.807) is 0 Å². The van der Waals surface area contributed by atoms with E-state index >= 15 is 0 Å². The Hall–Kier alpha value is -0.730. The van der Waals surface area contributed by atoms with Crippen LogP contribution in [0.3, 0.4) is 0 Å². The van der Waals surface area contributed by atoms with Gasteiger partial charge in [0.1, 0.15) is 5.82 Å². The van der Waals surface area contributed by atoms with Gasteiger partial charge in [-0.15, -0.1) is 0 Å². The van der Waals surface area contributed by atoms with Crippen LogP contribution < -0.4 is 4.72 Å². The normalized spacial score (nSPS) is 17.8. The number of hydrogen-bond donors (Lipinski definition) is 2. The molecule has 0 spiro atoms. The van der Waals surface area contributed by atoms with E-state index in [1.807, 2.05) is 0 Å². The fraction of sp³-hybridized carbons (Fsp3) is 0.538. The second-order valence-electron chi connectivity index (χ2n) is 5.36. The molecule has 1 saturated carbocycles. The second kappa shape index (κ2) is 6.18. The maximum Gasteiger partial charge on any atom is 0.279 e. The topological polar surface area (TPSA) is 69.6 Å². The van der Waals surface area contributed by atoms with Crippen LogP contribution in [0.2, 0.25) is 5.02 Å². The molecule has 1 aromatic rings. The standard InChI is InChI=1S/C13H18ClFN2O3S/c1-17(8-10-11(14)4-2-5-12(10)15)21(19,20)16-9-13(18)6-3-7-13/h2,4-5,16,18H,3,6-9H2,1H3. The van der Waals surface area contributed by atoms with Crippen molar-refractivity contribution in [1.29, 1.82) is 0 Å². The Bertz CT molecular complexity index is 600. The fourth-order valence-corrected chi connectivity index (χ4v) is 3.28. The molecule has 0 heterocycles. The second-order valence-corrected chi connectivity index (χ2v) is 7.63. The lowest BCUT2D eigenvalue weighted by Crippen LogP contribution is -2.50. The molecule has 2 N–H and O–H groups in total. The van der Waals surface area contributed by atoms with E-state index in [9.17, 15) is 17.9 Å². The number of hydrogen-bond acceptors (Lipinski definition) is 3. The first-order chi connectivity index (χ1) is 9.73. The van der Waals surface area contributed by atoms with Gasteiger partial charge in [0.05, 0.1) is 5.60 Å². The minimum atomic E-state index is -3.80. The monoisotopic (exact) mass is 336 g/mol. The van der Waals surface area contributed by atoms with Crippen molar-refractivity contribution in [2.45, 2.75) is 31.4 Å². The van der Waals surface area contributed by atoms with Crippen LogP contribution in [-0.4, -0.2) is 37.0 Å². The van der Waals surface area contributed by atoms with E-state index in [0.717, 1.165) is 10.7 Å². The predicted octanol–water partition coefficient (Wildman–Crippen LogP) is 1.66. The average molecular weight is 337 g/mol. The molecule has 0 unspecified atom stereocenters. The molecule has 1 aromatic carbocycles. The van der Waals surface area contributed by atoms with Gasteiger partial charge in [-0.3, -0.25) is 0 Å². The number of benzene rings is 1. The highest BCUT2D eigenvalue weighted by atomic mass is 35.5. The van der Waals surface area contributed by atoms with Gasteiger partial charge in [-0.1, -0.05) is 17.7 Å². The maximum absolute atomic E-state index is 13.7. The summed E-state index contributed by atoms with van der Waals surface area (Å²) in [5.41, 5.74) is -0.835. The summed E-state index contributed by atoms with van der Waals surface area (Å²) in [7, 11) is -2.47. The highest BCUT2D eigenvalue weighted by Crippen LogP contribution is 2.31. The number of nitrogens with zero attached hydrogens (tertiary/aromatic N) is 1. The third-order valence-electron chi connectivity index (χ3n) is 3.72. The van der Waals surface area contributed by atoms with E-state index in [1.165, 1.54) is 25.2 Å². The van der Waals surface area contributed by atoms with Crippen LogP contribution in [0, 0.1) is 5.82 Å². The first-order valence-electron chi connectivity index (χ1n) is 6.60. The van der Waals surface area contributed by atoms with Gasteiger partial charge in [0.15, 0.2) is 0 Å². The molecule has 0 atom stereocenters. The van der Waals surface area contributed by atoms with Gasteiger partial charge in [-0.25, -0.2) is 4.39 Å². The summed E-state index contributed by atoms with van der Waals surface area (Å²) in [6.07, 6.45) is 2.05. The Morgan fingerprint density at radius 2 is 2.14 bits per heavy atom. The molecule has 21 heavy (non-hydrogen) atoms. The molecule has 1 aliphatic carbocycles. The van der Waals surface area contributed by atoms with E-state index in [2.05, 4.69) is 4.72 Å². The molecule has 0 aliphatic heterocycles. The van der Waals surface area contributed by atoms with Gasteiger partial charge in [0.25, 0.3) is 10.2 Å². The van der Waals surface area contributed by atoms with E-state index in [-0.39, 0.29) is 23.7 Å². The van der Waals surface area contributed by atoms with Crippen LogP contribution >= 0.6 is 11.6 Å². The molecule has 118 valence electrons. The molecule has 1 fully saturated rings. The average Bonchev–Trinajstić information content (AvgIpc) is 2.38. The summed E-state index contributed by atoms with van der Waals surface area (Å²) >= 11 is 5.88. The third kappa shape index (κ3) is 3.92. The molecule has 8 heteroatoms. The quantitative estimate of drug-likeness (QED) is 0.830. The Morgan fingerprint density at radius 3 is 2.67 bits per heavy atom. The van der Waals surface area contributed by atoms with Crippen molar-refractivity contribution in [3.63, 3.8) is 0 Å². The van der Waals surface area contributed by atoms with Gasteiger partial charge in [-0.05, 0) is 31.4 Å². The zero-order valence-corrected chi connectivity index (χ0v) is 13.2. The first-order valence-corrected chi connectivity index (χ1v) is 8.41. The summed E-state index contributed by atoms with van der Waals surface area (Å²) in [4.78, 5) is 0. The van der Waals surface area contributed by atoms with Crippen molar-refractivity contribution in [3.8, 4) is 0 Å². The van der Waals surface area contributed by atoms with Crippen LogP contribution in [0.4, 0.5) is 4.39 Å². The van der Waals surface area contributed by atoms with E-state index in [0.29, 0.717) is 12.8 Å². The van der Waals surface area contributed by atoms with Gasteiger partial charge in [0, 0.05) is 30.7 Å². The number of nitrogens with one attached hydrogen (secondary N) is 1. The third-order valence-corrected chi connectivity index (χ3v) is 5.53. The van der Waals surface area contributed by atoms with E-state index < -0.39 is 21.6 Å². The van der Waals surface area contributed by atoms with Gasteiger partial charge >= 0.3 is 0 Å². The number of aliphatic hydroxyl groups is 1. The van der Waals surface area contributed by atoms with Crippen LogP contribution in [0.5, 0.6) is 0 Å². The molecule has 0 amide bonds. The molecule has 0 saturated heterocycles. The SMILES string of the molecule is CN(Cc1c(F)cccc1Cl)S(=O)(=O)NCC1(O)CCC1. The minimum Gasteiger partial charge on any atom is -0.389 e. The molecule has 1 aliphatic rings. The molecule has 5 nitrogen and oxygen atoms in total. The zero-order valence-electron chi connectivity index (χ0n) is 11.6. The highest BCUT2D eigenvalue weighted by Gasteiger charge is 2.36. The van der Waals surface area contributed by atoms with Crippen LogP contribution in [0.1, 0.15) is 24.8 Å². The van der Waals surface area contributed by atoms with Gasteiger partial charge in [-0.2, -0.15) is 17.4 Å². The lowest BCUT2D eigenvalue weighted by molar-refractivity contribution is -0.0273. The molecule has 0 bridgehead atoms. The van der Waals surface area contributed by atoms with Gasteiger partial charge in [0.2, 0.25) is 0 Å². The maximum atomic E-state index is 13.7. The van der Waals surface area contributed by atoms with Crippen molar-refractivity contribution in [3.05, 3.63) is 34.6 Å². The summed E-state index contributed by atoms with van der Waals surface area (Å²) < 4.78 is 41.2. The fourth-order valence-electron chi connectivity index (χ4n) is 2.09. The summed E-state index contributed by atoms with van der Waals surface area (Å²) in [6, 6.07) is 4.19. The highest BCUT2D eigenvalue weighted by molar-refractivity contribution is 7.87. The Kier molecular flexibility index (Phi) is 4.89. The summed E-state index contributed by atoms with van der Waals surface area (Å²) in [5.74, 6) is -0.554. The zero-order chi connectivity index (χ0) is 15.7. The molecular formula is C13H18ClFN2O3S. The summed E-state index contributed by atoms with van der Waals surface area (Å²) in [5, 5.41) is 10.1. The largest absolute Gasteiger partial charge is 0.389 e. The Balaban J connectivity index is 2.02. The first kappa shape index (κ1) is 16.6. The van der Waals surface area contributed by atoms with Crippen molar-refractivity contribution in [2.24, 2.45) is 0 Å². The molecule has 0 aromatic heterocycles. The lowest BCUT2D eigenvalue weighted by atomic mass is 9.81. The predicted molar refractivity (Wildman–Crippen MR) is 78.6 cm³/mol. The van der Waals surface area contributed by atoms with Gasteiger partial charge < -0.3 is 5.11 Å². The number of halogens is 2. The van der Waals surface area contributed by atoms with Crippen molar-refractivity contribution >= 4 is 21.8 Å². The van der Waals surface area contributed by atoms with Crippen molar-refractivity contribution in [2.75, 3.05) is 13.6 Å². The number of rotatable bonds is 6. The smallest absolute Gasteiger partial charge is 0.279 e.